The Labute approximate surface area is 408 Å². The molecule has 0 spiro atoms. The predicted molar refractivity (Wildman–Crippen MR) is 296 cm³/mol. The summed E-state index contributed by atoms with van der Waals surface area (Å²) in [6, 6.07) is 90.6. The first kappa shape index (κ1) is 41.9. The zero-order valence-electron chi connectivity index (χ0n) is 38.1. The standard InChI is InChI=1S/C66H48N2S/c1-4-13-47(14-5-1)50-23-35-56(36-24-50)67(57-37-25-51(26-38-57)48-15-6-2-7-16-48)59-41-29-53(30-42-59)54-31-43-60(44-32-54)68(58-39-27-52(28-40-58)49-17-8-3-9-18-49)61-45-33-55(34-46-61)62-20-12-21-64-63-19-10-11-22-65(63)69-66(62)64/h1-17,19-46,49H,18H2. The maximum Gasteiger partial charge on any atom is 0.0462 e. The van der Waals surface area contributed by atoms with Crippen LogP contribution in [-0.2, 0) is 0 Å². The number of nitrogens with zero attached hydrogens (tertiary/aromatic N) is 2. The van der Waals surface area contributed by atoms with Crippen LogP contribution in [0.15, 0.2) is 273 Å². The minimum atomic E-state index is 0.395. The van der Waals surface area contributed by atoms with Crippen molar-refractivity contribution in [2.24, 2.45) is 0 Å². The van der Waals surface area contributed by atoms with Gasteiger partial charge < -0.3 is 9.80 Å². The number of rotatable bonds is 11. The van der Waals surface area contributed by atoms with Crippen molar-refractivity contribution < 1.29 is 0 Å². The lowest BCUT2D eigenvalue weighted by atomic mass is 9.92. The highest BCUT2D eigenvalue weighted by atomic mass is 32.1. The molecule has 1 heterocycles. The summed E-state index contributed by atoms with van der Waals surface area (Å²) in [5, 5.41) is 2.64. The van der Waals surface area contributed by atoms with Gasteiger partial charge in [0.1, 0.15) is 0 Å². The van der Waals surface area contributed by atoms with Crippen LogP contribution in [0.2, 0.25) is 0 Å². The van der Waals surface area contributed by atoms with E-state index < -0.39 is 0 Å². The van der Waals surface area contributed by atoms with E-state index in [1.54, 1.807) is 0 Å². The highest BCUT2D eigenvalue weighted by molar-refractivity contribution is 7.26. The van der Waals surface area contributed by atoms with Gasteiger partial charge >= 0.3 is 0 Å². The molecule has 0 saturated carbocycles. The Bertz CT molecular complexity index is 3490. The van der Waals surface area contributed by atoms with E-state index in [0.717, 1.165) is 51.7 Å². The normalized spacial score (nSPS) is 13.2. The molecule has 1 aliphatic carbocycles. The molecule has 12 rings (SSSR count). The molecule has 0 saturated heterocycles. The Kier molecular flexibility index (Phi) is 11.3. The van der Waals surface area contributed by atoms with Crippen LogP contribution in [0.5, 0.6) is 0 Å². The van der Waals surface area contributed by atoms with Crippen LogP contribution < -0.4 is 9.80 Å². The largest absolute Gasteiger partial charge is 0.311 e. The third kappa shape index (κ3) is 8.46. The molecule has 2 nitrogen and oxygen atoms in total. The lowest BCUT2D eigenvalue weighted by Crippen LogP contribution is -2.10. The molecular weight excluding hydrogens is 853 g/mol. The van der Waals surface area contributed by atoms with E-state index in [4.69, 9.17) is 0 Å². The highest BCUT2D eigenvalue weighted by Crippen LogP contribution is 2.43. The summed E-state index contributed by atoms with van der Waals surface area (Å²) in [5.41, 5.74) is 17.6. The molecule has 0 amide bonds. The monoisotopic (exact) mass is 900 g/mol. The average Bonchev–Trinajstić information content (AvgIpc) is 3.82. The van der Waals surface area contributed by atoms with Gasteiger partial charge in [-0.3, -0.25) is 0 Å². The van der Waals surface area contributed by atoms with Crippen LogP contribution in [0.25, 0.3) is 64.7 Å². The molecular formula is C66H48N2S. The van der Waals surface area contributed by atoms with Crippen molar-refractivity contribution in [3.05, 3.63) is 279 Å². The van der Waals surface area contributed by atoms with E-state index >= 15 is 0 Å². The molecule has 0 fully saturated rings. The Morgan fingerprint density at radius 3 is 1.16 bits per heavy atom. The topological polar surface area (TPSA) is 6.48 Å². The Hall–Kier alpha value is -8.50. The molecule has 0 N–H and O–H groups in total. The van der Waals surface area contributed by atoms with Gasteiger partial charge in [-0.15, -0.1) is 11.3 Å². The van der Waals surface area contributed by atoms with Gasteiger partial charge in [0.25, 0.3) is 0 Å². The summed E-state index contributed by atoms with van der Waals surface area (Å²) in [5.74, 6) is 0.395. The summed E-state index contributed by atoms with van der Waals surface area (Å²) in [7, 11) is 0. The number of allylic oxidation sites excluding steroid dienone is 4. The average molecular weight is 901 g/mol. The fourth-order valence-corrected chi connectivity index (χ4v) is 11.1. The van der Waals surface area contributed by atoms with Crippen LogP contribution in [0.1, 0.15) is 17.9 Å². The summed E-state index contributed by atoms with van der Waals surface area (Å²) in [6.45, 7) is 0. The summed E-state index contributed by atoms with van der Waals surface area (Å²) >= 11 is 1.88. The molecule has 10 aromatic carbocycles. The van der Waals surface area contributed by atoms with Crippen molar-refractivity contribution in [1.29, 1.82) is 0 Å². The van der Waals surface area contributed by atoms with E-state index in [2.05, 4.69) is 283 Å². The second-order valence-electron chi connectivity index (χ2n) is 17.7. The zero-order valence-corrected chi connectivity index (χ0v) is 38.9. The molecule has 328 valence electrons. The molecule has 1 unspecified atom stereocenters. The number of hydrogen-bond acceptors (Lipinski definition) is 3. The number of hydrogen-bond donors (Lipinski definition) is 0. The zero-order chi connectivity index (χ0) is 45.9. The van der Waals surface area contributed by atoms with Gasteiger partial charge in [-0.1, -0.05) is 194 Å². The second kappa shape index (κ2) is 18.6. The minimum absolute atomic E-state index is 0.395. The molecule has 0 aliphatic heterocycles. The quantitative estimate of drug-likeness (QED) is 0.128. The van der Waals surface area contributed by atoms with Gasteiger partial charge in [-0.25, -0.2) is 0 Å². The third-order valence-electron chi connectivity index (χ3n) is 13.5. The van der Waals surface area contributed by atoms with Gasteiger partial charge in [-0.05, 0) is 135 Å². The Morgan fingerprint density at radius 1 is 0.319 bits per heavy atom. The molecule has 0 radical (unpaired) electrons. The smallest absolute Gasteiger partial charge is 0.0462 e. The SMILES string of the molecule is C1=CCC(c2ccc(N(c3ccc(-c4ccc(N(c5ccc(-c6ccccc6)cc5)c5ccc(-c6ccccc6)cc5)cc4)cc3)c3ccc(-c4cccc5c4sc4ccccc45)cc3)cc2)C=C1. The maximum atomic E-state index is 2.38. The van der Waals surface area contributed by atoms with Gasteiger partial charge in [0, 0.05) is 60.2 Å². The first-order valence-corrected chi connectivity index (χ1v) is 24.6. The molecule has 1 aliphatic rings. The summed E-state index contributed by atoms with van der Waals surface area (Å²) in [6.07, 6.45) is 9.89. The van der Waals surface area contributed by atoms with Crippen molar-refractivity contribution in [2.75, 3.05) is 9.80 Å². The molecule has 69 heavy (non-hydrogen) atoms. The first-order valence-electron chi connectivity index (χ1n) is 23.8. The van der Waals surface area contributed by atoms with Gasteiger partial charge in [0.2, 0.25) is 0 Å². The molecule has 11 aromatic rings. The maximum absolute atomic E-state index is 2.38. The lowest BCUT2D eigenvalue weighted by Gasteiger charge is -2.27. The Morgan fingerprint density at radius 2 is 0.710 bits per heavy atom. The van der Waals surface area contributed by atoms with Crippen molar-refractivity contribution in [2.45, 2.75) is 12.3 Å². The number of thiophene rings is 1. The van der Waals surface area contributed by atoms with Gasteiger partial charge in [0.15, 0.2) is 0 Å². The van der Waals surface area contributed by atoms with E-state index in [1.165, 1.54) is 59.1 Å². The Balaban J connectivity index is 0.862. The minimum Gasteiger partial charge on any atom is -0.311 e. The second-order valence-corrected chi connectivity index (χ2v) is 18.7. The fourth-order valence-electron chi connectivity index (χ4n) is 9.83. The number of fused-ring (bicyclic) bond motifs is 3. The molecule has 1 atom stereocenters. The highest BCUT2D eigenvalue weighted by Gasteiger charge is 2.18. The van der Waals surface area contributed by atoms with Gasteiger partial charge in [0.05, 0.1) is 0 Å². The van der Waals surface area contributed by atoms with E-state index in [0.29, 0.717) is 5.92 Å². The molecule has 0 bridgehead atoms. The van der Waals surface area contributed by atoms with Crippen LogP contribution in [0.3, 0.4) is 0 Å². The number of anilines is 6. The van der Waals surface area contributed by atoms with E-state index in [-0.39, 0.29) is 0 Å². The van der Waals surface area contributed by atoms with Crippen molar-refractivity contribution in [1.82, 2.24) is 0 Å². The fraction of sp³-hybridized carbons (Fsp3) is 0.0303. The van der Waals surface area contributed by atoms with Crippen molar-refractivity contribution >= 4 is 65.6 Å². The first-order chi connectivity index (χ1) is 34.2. The van der Waals surface area contributed by atoms with Crippen LogP contribution in [0.4, 0.5) is 34.1 Å². The van der Waals surface area contributed by atoms with Crippen LogP contribution in [-0.4, -0.2) is 0 Å². The number of benzene rings is 10. The third-order valence-corrected chi connectivity index (χ3v) is 14.7. The van der Waals surface area contributed by atoms with Crippen LogP contribution in [0, 0.1) is 0 Å². The predicted octanol–water partition coefficient (Wildman–Crippen LogP) is 19.3. The summed E-state index contributed by atoms with van der Waals surface area (Å²) in [4.78, 5) is 4.72. The van der Waals surface area contributed by atoms with Crippen molar-refractivity contribution in [3.8, 4) is 44.5 Å². The van der Waals surface area contributed by atoms with Crippen molar-refractivity contribution in [3.63, 3.8) is 0 Å². The lowest BCUT2D eigenvalue weighted by molar-refractivity contribution is 0.854. The summed E-state index contributed by atoms with van der Waals surface area (Å²) < 4.78 is 2.65. The molecule has 3 heteroatoms. The van der Waals surface area contributed by atoms with Gasteiger partial charge in [-0.2, -0.15) is 0 Å². The van der Waals surface area contributed by atoms with E-state index in [9.17, 15) is 0 Å². The van der Waals surface area contributed by atoms with E-state index in [1.807, 2.05) is 11.3 Å². The van der Waals surface area contributed by atoms with Crippen LogP contribution >= 0.6 is 11.3 Å². The molecule has 1 aromatic heterocycles.